The predicted octanol–water partition coefficient (Wildman–Crippen LogP) is 2.34. The van der Waals surface area contributed by atoms with E-state index in [2.05, 4.69) is 28.1 Å². The molecule has 0 bridgehead atoms. The molecule has 152 valence electrons. The lowest BCUT2D eigenvalue weighted by atomic mass is 10.0. The third-order valence-electron chi connectivity index (χ3n) is 4.44. The molecule has 0 aliphatic carbocycles. The SMILES string of the molecule is C=CC(=C\N(C)CC(C)=O)/C(/C=c1/c(-c2cc(CC)nc(N)n2)c[nH]c1=C)=C/C. The molecule has 0 saturated carbocycles. The van der Waals surface area contributed by atoms with Crippen LogP contribution in [0, 0.1) is 0 Å². The van der Waals surface area contributed by atoms with Crippen molar-refractivity contribution >= 4 is 24.4 Å². The Morgan fingerprint density at radius 3 is 2.66 bits per heavy atom. The highest BCUT2D eigenvalue weighted by atomic mass is 16.1. The number of anilines is 1. The van der Waals surface area contributed by atoms with Crippen molar-refractivity contribution in [2.75, 3.05) is 19.3 Å². The molecule has 6 nitrogen and oxygen atoms in total. The van der Waals surface area contributed by atoms with Crippen molar-refractivity contribution in [1.29, 1.82) is 0 Å². The highest BCUT2D eigenvalue weighted by Gasteiger charge is 2.09. The smallest absolute Gasteiger partial charge is 0.220 e. The van der Waals surface area contributed by atoms with Crippen molar-refractivity contribution < 1.29 is 4.79 Å². The largest absolute Gasteiger partial charge is 0.373 e. The van der Waals surface area contributed by atoms with E-state index in [-0.39, 0.29) is 11.7 Å². The van der Waals surface area contributed by atoms with E-state index in [0.29, 0.717) is 6.54 Å². The number of carbonyl (C=O) groups excluding carboxylic acids is 1. The Labute approximate surface area is 171 Å². The number of nitrogens with zero attached hydrogens (tertiary/aromatic N) is 3. The molecule has 0 spiro atoms. The number of hydrogen-bond donors (Lipinski definition) is 2. The lowest BCUT2D eigenvalue weighted by Crippen LogP contribution is -2.23. The number of nitrogens with two attached hydrogens (primary N) is 1. The number of aromatic nitrogens is 3. The zero-order chi connectivity index (χ0) is 21.6. The summed E-state index contributed by atoms with van der Waals surface area (Å²) in [6, 6.07) is 1.94. The van der Waals surface area contributed by atoms with E-state index in [0.717, 1.165) is 45.1 Å². The first-order chi connectivity index (χ1) is 13.8. The molecule has 0 aliphatic heterocycles. The molecule has 0 atom stereocenters. The quantitative estimate of drug-likeness (QED) is 0.675. The molecular formula is C23H29N5O. The zero-order valence-corrected chi connectivity index (χ0v) is 17.6. The van der Waals surface area contributed by atoms with E-state index in [4.69, 9.17) is 5.73 Å². The number of H-pyrrole nitrogens is 1. The van der Waals surface area contributed by atoms with Gasteiger partial charge in [-0.15, -0.1) is 0 Å². The summed E-state index contributed by atoms with van der Waals surface area (Å²) >= 11 is 0. The minimum absolute atomic E-state index is 0.0965. The van der Waals surface area contributed by atoms with Crippen molar-refractivity contribution in [2.24, 2.45) is 0 Å². The molecule has 0 aliphatic rings. The summed E-state index contributed by atoms with van der Waals surface area (Å²) in [5, 5.41) is 1.69. The summed E-state index contributed by atoms with van der Waals surface area (Å²) in [7, 11) is 1.86. The van der Waals surface area contributed by atoms with Gasteiger partial charge in [-0.1, -0.05) is 32.2 Å². The van der Waals surface area contributed by atoms with Crippen molar-refractivity contribution in [3.63, 3.8) is 0 Å². The molecule has 29 heavy (non-hydrogen) atoms. The van der Waals surface area contributed by atoms with Crippen LogP contribution in [0.2, 0.25) is 0 Å². The first-order valence-corrected chi connectivity index (χ1v) is 9.51. The van der Waals surface area contributed by atoms with Gasteiger partial charge in [0.2, 0.25) is 5.95 Å². The summed E-state index contributed by atoms with van der Waals surface area (Å²) in [6.45, 7) is 13.9. The summed E-state index contributed by atoms with van der Waals surface area (Å²) in [4.78, 5) is 25.1. The molecule has 2 aromatic rings. The molecule has 2 rings (SSSR count). The summed E-state index contributed by atoms with van der Waals surface area (Å²) < 4.78 is 0. The number of Topliss-reactive ketones (excluding diaryl/α,β-unsaturated/α-hetero) is 1. The second kappa shape index (κ2) is 9.68. The second-order valence-electron chi connectivity index (χ2n) is 6.84. The normalized spacial score (nSPS) is 12.9. The van der Waals surface area contributed by atoms with Crippen LogP contribution in [0.1, 0.15) is 26.5 Å². The molecule has 0 amide bonds. The van der Waals surface area contributed by atoms with Gasteiger partial charge in [-0.05, 0) is 43.6 Å². The number of likely N-dealkylation sites (N-methyl/N-ethyl adjacent to an activating group) is 1. The van der Waals surface area contributed by atoms with Crippen LogP contribution in [0.25, 0.3) is 23.9 Å². The van der Waals surface area contributed by atoms with Gasteiger partial charge in [-0.25, -0.2) is 9.97 Å². The summed E-state index contributed by atoms with van der Waals surface area (Å²) in [6.07, 6.45) is 10.4. The van der Waals surface area contributed by atoms with Crippen LogP contribution < -0.4 is 16.3 Å². The fraction of sp³-hybridized carbons (Fsp3) is 0.261. The Morgan fingerprint density at radius 2 is 2.07 bits per heavy atom. The molecular weight excluding hydrogens is 362 g/mol. The Morgan fingerprint density at radius 1 is 1.34 bits per heavy atom. The molecule has 0 unspecified atom stereocenters. The molecule has 0 radical (unpaired) electrons. The topological polar surface area (TPSA) is 87.9 Å². The third kappa shape index (κ3) is 5.54. The number of aromatic amines is 1. The molecule has 0 saturated heterocycles. The number of aryl methyl sites for hydroxylation is 1. The van der Waals surface area contributed by atoms with E-state index < -0.39 is 0 Å². The van der Waals surface area contributed by atoms with Gasteiger partial charge in [0.25, 0.3) is 0 Å². The predicted molar refractivity (Wildman–Crippen MR) is 120 cm³/mol. The summed E-state index contributed by atoms with van der Waals surface area (Å²) in [5.74, 6) is 0.347. The van der Waals surface area contributed by atoms with Gasteiger partial charge in [0.05, 0.1) is 12.2 Å². The van der Waals surface area contributed by atoms with Crippen LogP contribution in [0.5, 0.6) is 0 Å². The van der Waals surface area contributed by atoms with Crippen LogP contribution in [-0.4, -0.2) is 39.2 Å². The fourth-order valence-electron chi connectivity index (χ4n) is 3.06. The number of nitrogen functional groups attached to an aromatic ring is 1. The van der Waals surface area contributed by atoms with Gasteiger partial charge in [0.1, 0.15) is 5.78 Å². The van der Waals surface area contributed by atoms with Crippen molar-refractivity contribution in [1.82, 2.24) is 19.9 Å². The molecule has 2 heterocycles. The Balaban J connectivity index is 2.59. The van der Waals surface area contributed by atoms with Gasteiger partial charge in [0, 0.05) is 41.3 Å². The molecule has 2 aromatic heterocycles. The average Bonchev–Trinajstić information content (AvgIpc) is 3.03. The number of nitrogens with one attached hydrogen (secondary N) is 1. The lowest BCUT2D eigenvalue weighted by molar-refractivity contribution is -0.117. The number of hydrogen-bond acceptors (Lipinski definition) is 5. The molecule has 0 aromatic carbocycles. The van der Waals surface area contributed by atoms with Crippen LogP contribution in [0.15, 0.2) is 48.3 Å². The van der Waals surface area contributed by atoms with Gasteiger partial charge in [-0.3, -0.25) is 4.79 Å². The van der Waals surface area contributed by atoms with Crippen molar-refractivity contribution in [3.05, 3.63) is 64.6 Å². The van der Waals surface area contributed by atoms with E-state index >= 15 is 0 Å². The number of allylic oxidation sites excluding steroid dienone is 4. The first-order valence-electron chi connectivity index (χ1n) is 9.51. The standard InChI is InChI=1S/C23H29N5O/c1-7-17(18(8-2)14-28(6)13-15(4)29)10-20-16(5)25-12-21(20)22-11-19(9-3)26-23(24)27-22/h7-8,10-12,14,25H,2,5,9,13H2,1,3-4,6H3,(H2,24,26,27)/b17-7+,18-14+,20-10+. The monoisotopic (exact) mass is 391 g/mol. The molecule has 6 heteroatoms. The van der Waals surface area contributed by atoms with Crippen LogP contribution in [-0.2, 0) is 11.2 Å². The summed E-state index contributed by atoms with van der Waals surface area (Å²) in [5.41, 5.74) is 10.3. The first kappa shape index (κ1) is 21.9. The fourth-order valence-corrected chi connectivity index (χ4v) is 3.06. The number of rotatable bonds is 8. The Bertz CT molecular complexity index is 1080. The lowest BCUT2D eigenvalue weighted by Gasteiger charge is -2.14. The average molecular weight is 392 g/mol. The van der Waals surface area contributed by atoms with E-state index in [9.17, 15) is 4.79 Å². The minimum atomic E-state index is 0.0965. The van der Waals surface area contributed by atoms with E-state index in [1.165, 1.54) is 0 Å². The van der Waals surface area contributed by atoms with Gasteiger partial charge >= 0.3 is 0 Å². The van der Waals surface area contributed by atoms with Gasteiger partial charge in [-0.2, -0.15) is 0 Å². The highest BCUT2D eigenvalue weighted by Crippen LogP contribution is 2.17. The molecule has 0 fully saturated rings. The number of carbonyl (C=O) groups is 1. The van der Waals surface area contributed by atoms with E-state index in [1.54, 1.807) is 13.0 Å². The highest BCUT2D eigenvalue weighted by molar-refractivity contribution is 5.77. The second-order valence-corrected chi connectivity index (χ2v) is 6.84. The maximum absolute atomic E-state index is 11.4. The molecule has 3 N–H and O–H groups in total. The van der Waals surface area contributed by atoms with Crippen LogP contribution >= 0.6 is 0 Å². The third-order valence-corrected chi connectivity index (χ3v) is 4.44. The maximum atomic E-state index is 11.4. The van der Waals surface area contributed by atoms with Crippen molar-refractivity contribution in [3.8, 4) is 11.3 Å². The van der Waals surface area contributed by atoms with Gasteiger partial charge < -0.3 is 15.6 Å². The maximum Gasteiger partial charge on any atom is 0.220 e. The van der Waals surface area contributed by atoms with E-state index in [1.807, 2.05) is 56.4 Å². The van der Waals surface area contributed by atoms with Crippen molar-refractivity contribution in [2.45, 2.75) is 27.2 Å². The minimum Gasteiger partial charge on any atom is -0.373 e. The van der Waals surface area contributed by atoms with Crippen LogP contribution in [0.3, 0.4) is 0 Å². The van der Waals surface area contributed by atoms with Gasteiger partial charge in [0.15, 0.2) is 0 Å². The zero-order valence-electron chi connectivity index (χ0n) is 17.6. The Kier molecular flexibility index (Phi) is 7.31. The van der Waals surface area contributed by atoms with Crippen LogP contribution in [0.4, 0.5) is 5.95 Å². The Hall–Kier alpha value is -3.41. The number of ketones is 1.